The number of unbranched alkanes of at least 4 members (excludes halogenated alkanes) is 3. The Morgan fingerprint density at radius 3 is 2.31 bits per heavy atom. The lowest BCUT2D eigenvalue weighted by atomic mass is 9.91. The molecule has 0 aliphatic rings. The first kappa shape index (κ1) is 24.8. The van der Waals surface area contributed by atoms with Crippen LogP contribution < -0.4 is 4.74 Å². The van der Waals surface area contributed by atoms with Crippen molar-refractivity contribution in [2.24, 2.45) is 5.92 Å². The highest BCUT2D eigenvalue weighted by molar-refractivity contribution is 5.94. The first-order valence-electron chi connectivity index (χ1n) is 10.4. The molecule has 2 N–H and O–H groups in total. The van der Waals surface area contributed by atoms with Crippen LogP contribution in [-0.2, 0) is 9.59 Å². The largest absolute Gasteiger partial charge is 0.491 e. The summed E-state index contributed by atoms with van der Waals surface area (Å²) in [5.41, 5.74) is 0.573. The van der Waals surface area contributed by atoms with Gasteiger partial charge in [-0.05, 0) is 51.7 Å². The summed E-state index contributed by atoms with van der Waals surface area (Å²) in [4.78, 5) is 33.7. The zero-order valence-electron chi connectivity index (χ0n) is 17.6. The van der Waals surface area contributed by atoms with Crippen molar-refractivity contribution in [1.29, 1.82) is 0 Å². The van der Waals surface area contributed by atoms with E-state index in [4.69, 9.17) is 9.84 Å². The van der Waals surface area contributed by atoms with Crippen molar-refractivity contribution in [2.45, 2.75) is 77.7 Å². The fourth-order valence-corrected chi connectivity index (χ4v) is 3.25. The second-order valence-electron chi connectivity index (χ2n) is 7.63. The van der Waals surface area contributed by atoms with E-state index in [1.54, 1.807) is 31.2 Å². The SMILES string of the molecule is CC(=O)c1cccc(OCC(O)CCCC(CCCCCCC(=O)O)C(C)=O)c1. The molecule has 6 nitrogen and oxygen atoms in total. The monoisotopic (exact) mass is 406 g/mol. The van der Waals surface area contributed by atoms with Crippen molar-refractivity contribution < 1.29 is 29.3 Å². The third-order valence-corrected chi connectivity index (χ3v) is 5.04. The molecule has 0 radical (unpaired) electrons. The van der Waals surface area contributed by atoms with Gasteiger partial charge in [-0.2, -0.15) is 0 Å². The van der Waals surface area contributed by atoms with Crippen molar-refractivity contribution in [3.63, 3.8) is 0 Å². The van der Waals surface area contributed by atoms with Crippen molar-refractivity contribution in [3.05, 3.63) is 29.8 Å². The predicted octanol–water partition coefficient (Wildman–Crippen LogP) is 4.43. The molecule has 0 aliphatic heterocycles. The van der Waals surface area contributed by atoms with Crippen molar-refractivity contribution in [1.82, 2.24) is 0 Å². The van der Waals surface area contributed by atoms with Gasteiger partial charge in [0.1, 0.15) is 18.1 Å². The number of aliphatic hydroxyl groups is 1. The molecule has 0 amide bonds. The molecule has 0 saturated heterocycles. The summed E-state index contributed by atoms with van der Waals surface area (Å²) in [6.45, 7) is 3.25. The minimum Gasteiger partial charge on any atom is -0.491 e. The molecule has 1 rings (SSSR count). The molecule has 0 aliphatic carbocycles. The zero-order chi connectivity index (χ0) is 21.6. The van der Waals surface area contributed by atoms with Gasteiger partial charge in [0, 0.05) is 17.9 Å². The first-order chi connectivity index (χ1) is 13.8. The molecule has 0 spiro atoms. The van der Waals surface area contributed by atoms with Gasteiger partial charge < -0.3 is 14.9 Å². The number of carbonyl (C=O) groups is 3. The second-order valence-corrected chi connectivity index (χ2v) is 7.63. The van der Waals surface area contributed by atoms with Gasteiger partial charge in [-0.15, -0.1) is 0 Å². The van der Waals surface area contributed by atoms with Crippen LogP contribution in [0.15, 0.2) is 24.3 Å². The van der Waals surface area contributed by atoms with Crippen molar-refractivity contribution in [3.8, 4) is 5.75 Å². The highest BCUT2D eigenvalue weighted by atomic mass is 16.5. The number of aliphatic carboxylic acids is 1. The van der Waals surface area contributed by atoms with Crippen LogP contribution in [0, 0.1) is 5.92 Å². The van der Waals surface area contributed by atoms with Gasteiger partial charge in [-0.1, -0.05) is 37.8 Å². The van der Waals surface area contributed by atoms with E-state index < -0.39 is 12.1 Å². The summed E-state index contributed by atoms with van der Waals surface area (Å²) in [5.74, 6) is -0.0766. The summed E-state index contributed by atoms with van der Waals surface area (Å²) >= 11 is 0. The first-order valence-corrected chi connectivity index (χ1v) is 10.4. The van der Waals surface area contributed by atoms with Gasteiger partial charge in [-0.3, -0.25) is 14.4 Å². The van der Waals surface area contributed by atoms with E-state index in [9.17, 15) is 19.5 Å². The van der Waals surface area contributed by atoms with E-state index in [0.29, 0.717) is 24.2 Å². The molecule has 29 heavy (non-hydrogen) atoms. The summed E-state index contributed by atoms with van der Waals surface area (Å²) in [7, 11) is 0. The number of benzene rings is 1. The number of hydrogen-bond donors (Lipinski definition) is 2. The van der Waals surface area contributed by atoms with E-state index in [0.717, 1.165) is 38.5 Å². The maximum atomic E-state index is 11.8. The quantitative estimate of drug-likeness (QED) is 0.311. The molecular formula is C23H34O6. The van der Waals surface area contributed by atoms with E-state index in [1.165, 1.54) is 6.92 Å². The summed E-state index contributed by atoms with van der Waals surface area (Å²) in [6, 6.07) is 6.88. The summed E-state index contributed by atoms with van der Waals surface area (Å²) in [6.07, 6.45) is 5.83. The standard InChI is InChI=1S/C23H34O6/c1-17(24)19(9-5-3-4-6-14-23(27)28)10-7-12-21(26)16-29-22-13-8-11-20(15-22)18(2)25/h8,11,13,15,19,21,26H,3-7,9-10,12,14,16H2,1-2H3,(H,27,28). The number of hydrogen-bond acceptors (Lipinski definition) is 5. The van der Waals surface area contributed by atoms with E-state index in [2.05, 4.69) is 0 Å². The fraction of sp³-hybridized carbons (Fsp3) is 0.609. The van der Waals surface area contributed by atoms with Gasteiger partial charge in [0.05, 0.1) is 6.10 Å². The van der Waals surface area contributed by atoms with Crippen LogP contribution in [0.2, 0.25) is 0 Å². The van der Waals surface area contributed by atoms with Gasteiger partial charge >= 0.3 is 5.97 Å². The Balaban J connectivity index is 2.24. The Morgan fingerprint density at radius 2 is 1.66 bits per heavy atom. The molecule has 162 valence electrons. The Hall–Kier alpha value is -2.21. The van der Waals surface area contributed by atoms with Gasteiger partial charge in [0.25, 0.3) is 0 Å². The molecule has 0 fully saturated rings. The number of carboxylic acid groups (broad SMARTS) is 1. The molecule has 0 bridgehead atoms. The van der Waals surface area contributed by atoms with Crippen LogP contribution >= 0.6 is 0 Å². The van der Waals surface area contributed by atoms with Crippen LogP contribution in [0.5, 0.6) is 5.75 Å². The van der Waals surface area contributed by atoms with Crippen LogP contribution in [0.3, 0.4) is 0 Å². The third kappa shape index (κ3) is 11.4. The molecule has 2 atom stereocenters. The maximum Gasteiger partial charge on any atom is 0.303 e. The molecular weight excluding hydrogens is 372 g/mol. The van der Waals surface area contributed by atoms with Crippen molar-refractivity contribution in [2.75, 3.05) is 6.61 Å². The smallest absolute Gasteiger partial charge is 0.303 e. The second kappa shape index (κ2) is 13.9. The lowest BCUT2D eigenvalue weighted by Gasteiger charge is -2.16. The number of aliphatic hydroxyl groups excluding tert-OH is 1. The van der Waals surface area contributed by atoms with Gasteiger partial charge in [0.2, 0.25) is 0 Å². The number of rotatable bonds is 16. The Kier molecular flexibility index (Phi) is 11.9. The van der Waals surface area contributed by atoms with E-state index in [1.807, 2.05) is 0 Å². The molecule has 0 aromatic heterocycles. The van der Waals surface area contributed by atoms with E-state index >= 15 is 0 Å². The number of ketones is 2. The normalized spacial score (nSPS) is 12.9. The molecule has 1 aromatic rings. The topological polar surface area (TPSA) is 101 Å². The fourth-order valence-electron chi connectivity index (χ4n) is 3.25. The average Bonchev–Trinajstić information content (AvgIpc) is 2.67. The number of ether oxygens (including phenoxy) is 1. The highest BCUT2D eigenvalue weighted by Gasteiger charge is 2.15. The Bertz CT molecular complexity index is 655. The van der Waals surface area contributed by atoms with Crippen molar-refractivity contribution >= 4 is 17.5 Å². The third-order valence-electron chi connectivity index (χ3n) is 5.04. The van der Waals surface area contributed by atoms with Gasteiger partial charge in [-0.25, -0.2) is 0 Å². The van der Waals surface area contributed by atoms with Crippen LogP contribution in [0.1, 0.15) is 82.0 Å². The minimum atomic E-state index is -0.763. The average molecular weight is 407 g/mol. The molecule has 1 aromatic carbocycles. The molecule has 2 unspecified atom stereocenters. The number of carbonyl (C=O) groups excluding carboxylic acids is 2. The Labute approximate surface area is 173 Å². The summed E-state index contributed by atoms with van der Waals surface area (Å²) < 4.78 is 5.57. The highest BCUT2D eigenvalue weighted by Crippen LogP contribution is 2.20. The number of carboxylic acids is 1. The molecule has 0 heterocycles. The molecule has 6 heteroatoms. The predicted molar refractivity (Wildman–Crippen MR) is 111 cm³/mol. The maximum absolute atomic E-state index is 11.8. The van der Waals surface area contributed by atoms with E-state index in [-0.39, 0.29) is 30.5 Å². The number of Topliss-reactive ketones (excluding diaryl/α,β-unsaturated/α-hetero) is 2. The zero-order valence-corrected chi connectivity index (χ0v) is 17.6. The van der Waals surface area contributed by atoms with Crippen LogP contribution in [-0.4, -0.2) is 40.5 Å². The van der Waals surface area contributed by atoms with Crippen LogP contribution in [0.4, 0.5) is 0 Å². The van der Waals surface area contributed by atoms with Crippen LogP contribution in [0.25, 0.3) is 0 Å². The molecule has 0 saturated carbocycles. The minimum absolute atomic E-state index is 0.00478. The lowest BCUT2D eigenvalue weighted by Crippen LogP contribution is -2.19. The van der Waals surface area contributed by atoms with Gasteiger partial charge in [0.15, 0.2) is 5.78 Å². The summed E-state index contributed by atoms with van der Waals surface area (Å²) in [5, 5.41) is 18.8. The lowest BCUT2D eigenvalue weighted by molar-refractivity contribution is -0.137. The Morgan fingerprint density at radius 1 is 0.966 bits per heavy atom.